The third-order valence-corrected chi connectivity index (χ3v) is 3.27. The highest BCUT2D eigenvalue weighted by Crippen LogP contribution is 2.31. The van der Waals surface area contributed by atoms with Crippen molar-refractivity contribution in [2.45, 2.75) is 13.0 Å². The minimum Gasteiger partial charge on any atom is -0.486 e. The lowest BCUT2D eigenvalue weighted by molar-refractivity contribution is -0.146. The second-order valence-corrected chi connectivity index (χ2v) is 4.70. The van der Waals surface area contributed by atoms with Gasteiger partial charge in [0.05, 0.1) is 0 Å². The Morgan fingerprint density at radius 1 is 1.29 bits per heavy atom. The molecule has 1 amide bonds. The number of rotatable bonds is 4. The first-order valence-corrected chi connectivity index (χ1v) is 6.56. The number of carbonyl (C=O) groups is 2. The Morgan fingerprint density at radius 3 is 2.62 bits per heavy atom. The molecule has 0 bridgehead atoms. The number of carboxylic acid groups (broad SMARTS) is 1. The van der Waals surface area contributed by atoms with Gasteiger partial charge in [-0.25, -0.2) is 4.79 Å². The maximum Gasteiger partial charge on any atom is 0.326 e. The highest BCUT2D eigenvalue weighted by Gasteiger charge is 2.19. The van der Waals surface area contributed by atoms with E-state index in [0.29, 0.717) is 24.7 Å². The van der Waals surface area contributed by atoms with Crippen LogP contribution in [0, 0.1) is 0 Å². The van der Waals surface area contributed by atoms with E-state index in [1.807, 2.05) is 0 Å². The topological polar surface area (TPSA) is 76.1 Å². The number of nitrogens with zero attached hydrogens (tertiary/aromatic N) is 1. The van der Waals surface area contributed by atoms with Crippen molar-refractivity contribution in [2.24, 2.45) is 0 Å². The van der Waals surface area contributed by atoms with Crippen LogP contribution in [0.25, 0.3) is 6.08 Å². The van der Waals surface area contributed by atoms with E-state index < -0.39 is 12.0 Å². The molecule has 21 heavy (non-hydrogen) atoms. The van der Waals surface area contributed by atoms with Crippen LogP contribution in [0.5, 0.6) is 11.5 Å². The van der Waals surface area contributed by atoms with Crippen LogP contribution in [-0.4, -0.2) is 48.2 Å². The van der Waals surface area contributed by atoms with E-state index in [9.17, 15) is 9.59 Å². The van der Waals surface area contributed by atoms with Crippen molar-refractivity contribution in [2.75, 3.05) is 20.3 Å². The summed E-state index contributed by atoms with van der Waals surface area (Å²) in [6, 6.07) is 4.49. The molecule has 0 saturated carbocycles. The van der Waals surface area contributed by atoms with Crippen molar-refractivity contribution in [3.8, 4) is 11.5 Å². The zero-order chi connectivity index (χ0) is 15.4. The third-order valence-electron chi connectivity index (χ3n) is 3.27. The average molecular weight is 291 g/mol. The third kappa shape index (κ3) is 3.53. The second kappa shape index (κ2) is 6.30. The highest BCUT2D eigenvalue weighted by molar-refractivity contribution is 5.94. The van der Waals surface area contributed by atoms with E-state index in [0.717, 1.165) is 10.5 Å². The van der Waals surface area contributed by atoms with Gasteiger partial charge >= 0.3 is 5.97 Å². The van der Waals surface area contributed by atoms with Crippen LogP contribution >= 0.6 is 0 Å². The summed E-state index contributed by atoms with van der Waals surface area (Å²) in [5.41, 5.74) is 0.781. The first-order valence-electron chi connectivity index (χ1n) is 6.56. The summed E-state index contributed by atoms with van der Waals surface area (Å²) in [5.74, 6) is -0.0946. The molecule has 1 atom stereocenters. The Morgan fingerprint density at radius 2 is 1.95 bits per heavy atom. The zero-order valence-electron chi connectivity index (χ0n) is 11.9. The van der Waals surface area contributed by atoms with Crippen LogP contribution in [0.1, 0.15) is 12.5 Å². The minimum absolute atomic E-state index is 0.375. The van der Waals surface area contributed by atoms with Gasteiger partial charge in [0.2, 0.25) is 5.91 Å². The molecule has 0 saturated heterocycles. The van der Waals surface area contributed by atoms with Gasteiger partial charge in [-0.1, -0.05) is 6.07 Å². The van der Waals surface area contributed by atoms with Gasteiger partial charge < -0.3 is 19.5 Å². The number of carbonyl (C=O) groups excluding carboxylic acids is 1. The van der Waals surface area contributed by atoms with Gasteiger partial charge in [0.1, 0.15) is 19.3 Å². The van der Waals surface area contributed by atoms with Gasteiger partial charge in [0.15, 0.2) is 11.5 Å². The summed E-state index contributed by atoms with van der Waals surface area (Å²) in [6.45, 7) is 2.48. The van der Waals surface area contributed by atoms with Gasteiger partial charge in [-0.15, -0.1) is 0 Å². The monoisotopic (exact) mass is 291 g/mol. The van der Waals surface area contributed by atoms with Crippen molar-refractivity contribution in [1.82, 2.24) is 4.90 Å². The number of likely N-dealkylation sites (N-methyl/N-ethyl adjacent to an activating group) is 1. The van der Waals surface area contributed by atoms with Crippen LogP contribution in [0.4, 0.5) is 0 Å². The van der Waals surface area contributed by atoms with E-state index >= 15 is 0 Å². The number of hydrogen-bond acceptors (Lipinski definition) is 4. The number of carboxylic acids is 1. The Labute approximate surface area is 122 Å². The SMILES string of the molecule is CC(C(=O)O)N(C)C(=O)/C=C/c1ccc2c(c1)OCCO2. The van der Waals surface area contributed by atoms with Gasteiger partial charge in [0.25, 0.3) is 0 Å². The first-order chi connectivity index (χ1) is 9.99. The normalized spacial score (nSPS) is 14.8. The number of benzene rings is 1. The molecule has 6 nitrogen and oxygen atoms in total. The lowest BCUT2D eigenvalue weighted by Gasteiger charge is -2.20. The van der Waals surface area contributed by atoms with Crippen molar-refractivity contribution >= 4 is 18.0 Å². The van der Waals surface area contributed by atoms with Gasteiger partial charge in [-0.3, -0.25) is 4.79 Å². The molecule has 0 spiro atoms. The summed E-state index contributed by atoms with van der Waals surface area (Å²) in [4.78, 5) is 23.9. The van der Waals surface area contributed by atoms with Crippen molar-refractivity contribution in [3.05, 3.63) is 29.8 Å². The van der Waals surface area contributed by atoms with Gasteiger partial charge in [-0.05, 0) is 30.7 Å². The van der Waals surface area contributed by atoms with Crippen molar-refractivity contribution in [1.29, 1.82) is 0 Å². The van der Waals surface area contributed by atoms with E-state index in [4.69, 9.17) is 14.6 Å². The average Bonchev–Trinajstić information content (AvgIpc) is 2.50. The fourth-order valence-corrected chi connectivity index (χ4v) is 1.81. The van der Waals surface area contributed by atoms with Gasteiger partial charge in [-0.2, -0.15) is 0 Å². The van der Waals surface area contributed by atoms with Crippen LogP contribution < -0.4 is 9.47 Å². The van der Waals surface area contributed by atoms with E-state index in [-0.39, 0.29) is 5.91 Å². The summed E-state index contributed by atoms with van der Waals surface area (Å²) >= 11 is 0. The van der Waals surface area contributed by atoms with Crippen molar-refractivity contribution < 1.29 is 24.2 Å². The maximum atomic E-state index is 11.9. The molecule has 1 unspecified atom stereocenters. The van der Waals surface area contributed by atoms with Crippen LogP contribution in [-0.2, 0) is 9.59 Å². The molecule has 1 N–H and O–H groups in total. The molecule has 0 aliphatic carbocycles. The maximum absolute atomic E-state index is 11.9. The molecular formula is C15H17NO5. The number of aliphatic carboxylic acids is 1. The lowest BCUT2D eigenvalue weighted by Crippen LogP contribution is -2.39. The van der Waals surface area contributed by atoms with Crippen molar-refractivity contribution in [3.63, 3.8) is 0 Å². The van der Waals surface area contributed by atoms with Crippen LogP contribution in [0.3, 0.4) is 0 Å². The largest absolute Gasteiger partial charge is 0.486 e. The molecule has 6 heteroatoms. The summed E-state index contributed by atoms with van der Waals surface area (Å²) < 4.78 is 10.9. The Bertz CT molecular complexity index is 581. The van der Waals surface area contributed by atoms with E-state index in [1.54, 1.807) is 24.3 Å². The first kappa shape index (κ1) is 14.9. The predicted octanol–water partition coefficient (Wildman–Crippen LogP) is 1.40. The number of fused-ring (bicyclic) bond motifs is 1. The number of ether oxygens (including phenoxy) is 2. The molecule has 0 aromatic heterocycles. The smallest absolute Gasteiger partial charge is 0.326 e. The quantitative estimate of drug-likeness (QED) is 0.849. The molecule has 2 rings (SSSR count). The number of hydrogen-bond donors (Lipinski definition) is 1. The van der Waals surface area contributed by atoms with Crippen LogP contribution in [0.15, 0.2) is 24.3 Å². The standard InChI is InChI=1S/C15H17NO5/c1-10(15(18)19)16(2)14(17)6-4-11-3-5-12-13(9-11)21-8-7-20-12/h3-6,9-10H,7-8H2,1-2H3,(H,18,19)/b6-4+. The molecule has 1 aromatic carbocycles. The summed E-state index contributed by atoms with van der Waals surface area (Å²) in [5, 5.41) is 8.87. The summed E-state index contributed by atoms with van der Waals surface area (Å²) in [6.07, 6.45) is 2.95. The molecule has 1 aliphatic rings. The molecule has 1 heterocycles. The Hall–Kier alpha value is -2.50. The zero-order valence-corrected chi connectivity index (χ0v) is 11.9. The van der Waals surface area contributed by atoms with Crippen LogP contribution in [0.2, 0.25) is 0 Å². The van der Waals surface area contributed by atoms with E-state index in [1.165, 1.54) is 20.0 Å². The molecular weight excluding hydrogens is 274 g/mol. The molecule has 0 fully saturated rings. The fourth-order valence-electron chi connectivity index (χ4n) is 1.81. The molecule has 1 aromatic rings. The lowest BCUT2D eigenvalue weighted by atomic mass is 10.1. The fraction of sp³-hybridized carbons (Fsp3) is 0.333. The Kier molecular flexibility index (Phi) is 4.47. The predicted molar refractivity (Wildman–Crippen MR) is 76.3 cm³/mol. The molecule has 1 aliphatic heterocycles. The minimum atomic E-state index is -1.04. The van der Waals surface area contributed by atoms with Gasteiger partial charge in [0, 0.05) is 13.1 Å². The van der Waals surface area contributed by atoms with E-state index in [2.05, 4.69) is 0 Å². The second-order valence-electron chi connectivity index (χ2n) is 4.70. The summed E-state index contributed by atoms with van der Waals surface area (Å²) in [7, 11) is 1.45. The molecule has 112 valence electrons. The Balaban J connectivity index is 2.07. The molecule has 0 radical (unpaired) electrons. The highest BCUT2D eigenvalue weighted by atomic mass is 16.6. The number of amides is 1.